The SMILES string of the molecule is O=S(=O)(c1cccc2ccccc12)c1nn(Cc2cccc(Cl)c2)c2c(OCCN3CCCC3)cc(F)cc12. The molecule has 2 heterocycles. The Morgan fingerprint density at radius 2 is 1.69 bits per heavy atom. The van der Waals surface area contributed by atoms with Gasteiger partial charge < -0.3 is 4.74 Å². The number of nitrogens with zero attached hydrogens (tertiary/aromatic N) is 3. The summed E-state index contributed by atoms with van der Waals surface area (Å²) in [5.74, 6) is -0.326. The van der Waals surface area contributed by atoms with E-state index < -0.39 is 15.7 Å². The van der Waals surface area contributed by atoms with Crippen LogP contribution in [0.15, 0.2) is 88.8 Å². The van der Waals surface area contributed by atoms with Crippen LogP contribution >= 0.6 is 11.6 Å². The van der Waals surface area contributed by atoms with E-state index in [1.54, 1.807) is 41.1 Å². The highest BCUT2D eigenvalue weighted by Gasteiger charge is 2.29. The van der Waals surface area contributed by atoms with Crippen molar-refractivity contribution in [1.29, 1.82) is 0 Å². The first-order valence-corrected chi connectivity index (χ1v) is 14.8. The summed E-state index contributed by atoms with van der Waals surface area (Å²) >= 11 is 6.22. The van der Waals surface area contributed by atoms with Gasteiger partial charge in [0.05, 0.1) is 11.4 Å². The first kappa shape index (κ1) is 25.8. The fraction of sp³-hybridized carbons (Fsp3) is 0.233. The predicted molar refractivity (Wildman–Crippen MR) is 151 cm³/mol. The number of likely N-dealkylation sites (tertiary alicyclic amines) is 1. The number of rotatable bonds is 8. The molecule has 200 valence electrons. The molecule has 0 aliphatic carbocycles. The second kappa shape index (κ2) is 10.6. The molecule has 1 fully saturated rings. The third-order valence-electron chi connectivity index (χ3n) is 7.12. The predicted octanol–water partition coefficient (Wildman–Crippen LogP) is 6.34. The van der Waals surface area contributed by atoms with Gasteiger partial charge in [0.2, 0.25) is 9.84 Å². The maximum absolute atomic E-state index is 15.0. The third-order valence-corrected chi connectivity index (χ3v) is 9.10. The molecule has 9 heteroatoms. The second-order valence-electron chi connectivity index (χ2n) is 9.77. The third kappa shape index (κ3) is 5.12. The topological polar surface area (TPSA) is 64.4 Å². The summed E-state index contributed by atoms with van der Waals surface area (Å²) in [5, 5.41) is 6.48. The molecule has 4 aromatic carbocycles. The monoisotopic (exact) mass is 563 g/mol. The van der Waals surface area contributed by atoms with Crippen molar-refractivity contribution in [2.75, 3.05) is 26.2 Å². The zero-order chi connectivity index (χ0) is 27.0. The van der Waals surface area contributed by atoms with Gasteiger partial charge in [-0.1, -0.05) is 60.1 Å². The van der Waals surface area contributed by atoms with Crippen LogP contribution in [0.25, 0.3) is 21.7 Å². The Hall–Kier alpha value is -3.46. The molecule has 1 saturated heterocycles. The summed E-state index contributed by atoms with van der Waals surface area (Å²) in [4.78, 5) is 2.42. The Balaban J connectivity index is 1.50. The summed E-state index contributed by atoms with van der Waals surface area (Å²) in [6.45, 7) is 3.33. The Morgan fingerprint density at radius 3 is 2.51 bits per heavy atom. The molecule has 5 aromatic rings. The van der Waals surface area contributed by atoms with E-state index in [2.05, 4.69) is 10.00 Å². The van der Waals surface area contributed by atoms with Crippen LogP contribution in [-0.4, -0.2) is 49.3 Å². The lowest BCUT2D eigenvalue weighted by Gasteiger charge is -2.16. The maximum Gasteiger partial charge on any atom is 0.226 e. The van der Waals surface area contributed by atoms with E-state index in [4.69, 9.17) is 16.3 Å². The lowest BCUT2D eigenvalue weighted by molar-refractivity contribution is 0.238. The van der Waals surface area contributed by atoms with E-state index >= 15 is 0 Å². The van der Waals surface area contributed by atoms with Crippen LogP contribution in [0.4, 0.5) is 4.39 Å². The number of benzene rings is 4. The van der Waals surface area contributed by atoms with Crippen LogP contribution < -0.4 is 4.74 Å². The first-order valence-electron chi connectivity index (χ1n) is 12.9. The molecule has 1 aliphatic rings. The molecule has 0 atom stereocenters. The van der Waals surface area contributed by atoms with Crippen molar-refractivity contribution in [1.82, 2.24) is 14.7 Å². The number of sulfone groups is 1. The molecule has 0 spiro atoms. The van der Waals surface area contributed by atoms with Gasteiger partial charge in [0, 0.05) is 28.4 Å². The van der Waals surface area contributed by atoms with Crippen LogP contribution in [-0.2, 0) is 16.4 Å². The van der Waals surface area contributed by atoms with Crippen molar-refractivity contribution in [3.05, 3.63) is 95.3 Å². The van der Waals surface area contributed by atoms with Gasteiger partial charge in [-0.2, -0.15) is 5.10 Å². The van der Waals surface area contributed by atoms with E-state index in [0.29, 0.717) is 29.1 Å². The molecule has 39 heavy (non-hydrogen) atoms. The lowest BCUT2D eigenvalue weighted by Crippen LogP contribution is -2.25. The number of aromatic nitrogens is 2. The molecule has 0 N–H and O–H groups in total. The molecule has 0 bridgehead atoms. The minimum Gasteiger partial charge on any atom is -0.490 e. The Bertz CT molecular complexity index is 1780. The van der Waals surface area contributed by atoms with Gasteiger partial charge in [0.25, 0.3) is 0 Å². The number of ether oxygens (including phenoxy) is 1. The van der Waals surface area contributed by atoms with Gasteiger partial charge >= 0.3 is 0 Å². The fourth-order valence-electron chi connectivity index (χ4n) is 5.27. The van der Waals surface area contributed by atoms with Crippen LogP contribution in [0.1, 0.15) is 18.4 Å². The normalized spacial score (nSPS) is 14.4. The zero-order valence-electron chi connectivity index (χ0n) is 21.2. The summed E-state index contributed by atoms with van der Waals surface area (Å²) < 4.78 is 50.9. The number of hydrogen-bond donors (Lipinski definition) is 0. The number of fused-ring (bicyclic) bond motifs is 2. The standard InChI is InChI=1S/C30H27ClFN3O3S/c31-23-10-5-7-21(17-23)20-35-29-26(18-24(32)19-27(29)38-16-15-34-13-3-4-14-34)30(33-35)39(36,37)28-12-6-9-22-8-1-2-11-25(22)28/h1-2,5-12,17-19H,3-4,13-16,20H2. The Kier molecular flexibility index (Phi) is 7.01. The minimum absolute atomic E-state index is 0.121. The van der Waals surface area contributed by atoms with E-state index in [9.17, 15) is 12.8 Å². The van der Waals surface area contributed by atoms with Crippen LogP contribution in [0.2, 0.25) is 5.02 Å². The van der Waals surface area contributed by atoms with Crippen molar-refractivity contribution in [2.24, 2.45) is 0 Å². The van der Waals surface area contributed by atoms with Crippen LogP contribution in [0.5, 0.6) is 5.75 Å². The fourth-order valence-corrected chi connectivity index (χ4v) is 7.08. The van der Waals surface area contributed by atoms with Crippen molar-refractivity contribution in [3.8, 4) is 5.75 Å². The van der Waals surface area contributed by atoms with Gasteiger partial charge in [-0.15, -0.1) is 0 Å². The van der Waals surface area contributed by atoms with E-state index in [1.165, 1.54) is 12.1 Å². The summed E-state index contributed by atoms with van der Waals surface area (Å²) in [7, 11) is -4.13. The Labute approximate surface area is 231 Å². The van der Waals surface area contributed by atoms with E-state index in [1.807, 2.05) is 30.3 Å². The van der Waals surface area contributed by atoms with Gasteiger partial charge in [0.15, 0.2) is 5.03 Å². The summed E-state index contributed by atoms with van der Waals surface area (Å²) in [6, 6.07) is 22.2. The molecule has 0 unspecified atom stereocenters. The average Bonchev–Trinajstić information content (AvgIpc) is 3.57. The van der Waals surface area contributed by atoms with Gasteiger partial charge in [-0.05, 0) is 61.1 Å². The van der Waals surface area contributed by atoms with E-state index in [-0.39, 0.29) is 27.6 Å². The molecule has 0 saturated carbocycles. The van der Waals surface area contributed by atoms with Gasteiger partial charge in [-0.3, -0.25) is 9.58 Å². The average molecular weight is 564 g/mol. The van der Waals surface area contributed by atoms with Crippen molar-refractivity contribution >= 4 is 43.1 Å². The molecule has 6 rings (SSSR count). The highest BCUT2D eigenvalue weighted by Crippen LogP contribution is 2.36. The quantitative estimate of drug-likeness (QED) is 0.220. The molecule has 0 radical (unpaired) electrons. The van der Waals surface area contributed by atoms with Crippen LogP contribution in [0, 0.1) is 5.82 Å². The minimum atomic E-state index is -4.13. The first-order chi connectivity index (χ1) is 18.9. The smallest absolute Gasteiger partial charge is 0.226 e. The molecule has 1 aliphatic heterocycles. The molecule has 6 nitrogen and oxygen atoms in total. The highest BCUT2D eigenvalue weighted by molar-refractivity contribution is 7.91. The molecular formula is C30H27ClFN3O3S. The zero-order valence-corrected chi connectivity index (χ0v) is 22.8. The summed E-state index contributed by atoms with van der Waals surface area (Å²) in [6.07, 6.45) is 2.32. The largest absolute Gasteiger partial charge is 0.490 e. The molecule has 1 aromatic heterocycles. The van der Waals surface area contributed by atoms with Crippen molar-refractivity contribution in [2.45, 2.75) is 29.3 Å². The van der Waals surface area contributed by atoms with E-state index in [0.717, 1.165) is 36.9 Å². The van der Waals surface area contributed by atoms with Crippen LogP contribution in [0.3, 0.4) is 0 Å². The Morgan fingerprint density at radius 1 is 0.923 bits per heavy atom. The molecule has 0 amide bonds. The second-order valence-corrected chi connectivity index (χ2v) is 12.0. The molecular weight excluding hydrogens is 537 g/mol. The van der Waals surface area contributed by atoms with Crippen molar-refractivity contribution in [3.63, 3.8) is 0 Å². The number of hydrogen-bond acceptors (Lipinski definition) is 5. The van der Waals surface area contributed by atoms with Crippen molar-refractivity contribution < 1.29 is 17.5 Å². The highest BCUT2D eigenvalue weighted by atomic mass is 35.5. The van der Waals surface area contributed by atoms with Gasteiger partial charge in [-0.25, -0.2) is 12.8 Å². The summed E-state index contributed by atoms with van der Waals surface area (Å²) in [5.41, 5.74) is 1.25. The maximum atomic E-state index is 15.0. The number of halogens is 2. The van der Waals surface area contributed by atoms with Gasteiger partial charge in [0.1, 0.15) is 23.7 Å². The lowest BCUT2D eigenvalue weighted by atomic mass is 10.1.